The number of alkyl halides is 3. The van der Waals surface area contributed by atoms with Gasteiger partial charge in [-0.3, -0.25) is 0 Å². The average molecular weight is 303 g/mol. The van der Waals surface area contributed by atoms with Gasteiger partial charge in [-0.05, 0) is 63.0 Å². The monoisotopic (exact) mass is 303 g/mol. The molecule has 1 aromatic carbocycles. The molecule has 0 bridgehead atoms. The second-order valence-electron chi connectivity index (χ2n) is 5.69. The van der Waals surface area contributed by atoms with E-state index in [9.17, 15) is 13.2 Å². The van der Waals surface area contributed by atoms with Crippen molar-refractivity contribution in [2.24, 2.45) is 5.92 Å². The molecule has 0 heterocycles. The third-order valence-corrected chi connectivity index (χ3v) is 3.04. The van der Waals surface area contributed by atoms with E-state index in [4.69, 9.17) is 4.74 Å². The Morgan fingerprint density at radius 3 is 2.24 bits per heavy atom. The largest absolute Gasteiger partial charge is 0.491 e. The molecule has 5 heteroatoms. The summed E-state index contributed by atoms with van der Waals surface area (Å²) >= 11 is 0. The first-order valence-corrected chi connectivity index (χ1v) is 7.33. The maximum atomic E-state index is 12.4. The molecule has 0 radical (unpaired) electrons. The summed E-state index contributed by atoms with van der Waals surface area (Å²) in [6.45, 7) is 8.17. The van der Waals surface area contributed by atoms with Crippen molar-refractivity contribution in [2.45, 2.75) is 45.9 Å². The van der Waals surface area contributed by atoms with Crippen LogP contribution in [0.15, 0.2) is 24.3 Å². The van der Waals surface area contributed by atoms with Gasteiger partial charge in [0.15, 0.2) is 0 Å². The second kappa shape index (κ2) is 8.27. The summed E-state index contributed by atoms with van der Waals surface area (Å²) in [6, 6.07) is 4.84. The van der Waals surface area contributed by atoms with Crippen LogP contribution in [-0.4, -0.2) is 19.2 Å². The zero-order valence-corrected chi connectivity index (χ0v) is 12.8. The Morgan fingerprint density at radius 2 is 1.71 bits per heavy atom. The summed E-state index contributed by atoms with van der Waals surface area (Å²) in [5.41, 5.74) is -0.652. The van der Waals surface area contributed by atoms with Crippen molar-refractivity contribution in [2.75, 3.05) is 13.1 Å². The Bertz CT molecular complexity index is 401. The molecule has 21 heavy (non-hydrogen) atoms. The highest BCUT2D eigenvalue weighted by Gasteiger charge is 2.30. The Labute approximate surface area is 124 Å². The van der Waals surface area contributed by atoms with Gasteiger partial charge in [0, 0.05) is 0 Å². The quantitative estimate of drug-likeness (QED) is 0.714. The molecular weight excluding hydrogens is 279 g/mol. The molecule has 1 rings (SSSR count). The number of ether oxygens (including phenoxy) is 1. The van der Waals surface area contributed by atoms with Crippen molar-refractivity contribution in [3.63, 3.8) is 0 Å². The van der Waals surface area contributed by atoms with Crippen molar-refractivity contribution < 1.29 is 17.9 Å². The van der Waals surface area contributed by atoms with Crippen LogP contribution in [-0.2, 0) is 6.18 Å². The van der Waals surface area contributed by atoms with Crippen LogP contribution in [0, 0.1) is 5.92 Å². The van der Waals surface area contributed by atoms with Crippen molar-refractivity contribution in [1.29, 1.82) is 0 Å². The number of benzene rings is 1. The Balaban J connectivity index is 2.29. The van der Waals surface area contributed by atoms with Crippen LogP contribution in [0.1, 0.15) is 39.2 Å². The lowest BCUT2D eigenvalue weighted by Gasteiger charge is -2.16. The van der Waals surface area contributed by atoms with Gasteiger partial charge in [0.1, 0.15) is 5.75 Å². The normalized spacial score (nSPS) is 13.5. The van der Waals surface area contributed by atoms with Gasteiger partial charge >= 0.3 is 6.18 Å². The fourth-order valence-corrected chi connectivity index (χ4v) is 1.92. The van der Waals surface area contributed by atoms with Crippen LogP contribution in [0.5, 0.6) is 5.75 Å². The fraction of sp³-hybridized carbons (Fsp3) is 0.625. The van der Waals surface area contributed by atoms with Gasteiger partial charge in [-0.2, -0.15) is 13.2 Å². The zero-order valence-electron chi connectivity index (χ0n) is 12.8. The first-order chi connectivity index (χ1) is 9.79. The third kappa shape index (κ3) is 7.37. The SMILES string of the molecule is CC(C)CNCCCC(C)Oc1ccc(C(F)(F)F)cc1. The maximum absolute atomic E-state index is 12.4. The van der Waals surface area contributed by atoms with Crippen molar-refractivity contribution in [3.8, 4) is 5.75 Å². The molecule has 1 aromatic rings. The van der Waals surface area contributed by atoms with Crippen LogP contribution in [0.3, 0.4) is 0 Å². The summed E-state index contributed by atoms with van der Waals surface area (Å²) in [5, 5.41) is 3.35. The molecule has 1 N–H and O–H groups in total. The first-order valence-electron chi connectivity index (χ1n) is 7.33. The van der Waals surface area contributed by atoms with Gasteiger partial charge in [-0.15, -0.1) is 0 Å². The van der Waals surface area contributed by atoms with E-state index in [1.807, 2.05) is 6.92 Å². The highest BCUT2D eigenvalue weighted by molar-refractivity contribution is 5.28. The Morgan fingerprint density at radius 1 is 1.10 bits per heavy atom. The predicted molar refractivity (Wildman–Crippen MR) is 78.5 cm³/mol. The molecule has 2 nitrogen and oxygen atoms in total. The lowest BCUT2D eigenvalue weighted by molar-refractivity contribution is -0.137. The Kier molecular flexibility index (Phi) is 7.02. The van der Waals surface area contributed by atoms with Crippen LogP contribution >= 0.6 is 0 Å². The van der Waals surface area contributed by atoms with Crippen molar-refractivity contribution in [3.05, 3.63) is 29.8 Å². The first kappa shape index (κ1) is 17.8. The molecule has 0 saturated heterocycles. The zero-order chi connectivity index (χ0) is 15.9. The van der Waals surface area contributed by atoms with Crippen LogP contribution in [0.4, 0.5) is 13.2 Å². The molecule has 1 unspecified atom stereocenters. The average Bonchev–Trinajstić information content (AvgIpc) is 2.37. The molecule has 0 saturated carbocycles. The van der Waals surface area contributed by atoms with E-state index < -0.39 is 11.7 Å². The number of halogens is 3. The van der Waals surface area contributed by atoms with Crippen molar-refractivity contribution in [1.82, 2.24) is 5.32 Å². The number of nitrogens with one attached hydrogen (secondary N) is 1. The van der Waals surface area contributed by atoms with E-state index in [2.05, 4.69) is 19.2 Å². The van der Waals surface area contributed by atoms with E-state index in [1.54, 1.807) is 0 Å². The van der Waals surface area contributed by atoms with Gasteiger partial charge in [0.05, 0.1) is 11.7 Å². The Hall–Kier alpha value is -1.23. The molecule has 0 spiro atoms. The minimum Gasteiger partial charge on any atom is -0.491 e. The molecule has 1 atom stereocenters. The summed E-state index contributed by atoms with van der Waals surface area (Å²) in [5.74, 6) is 1.11. The van der Waals surface area contributed by atoms with Crippen molar-refractivity contribution >= 4 is 0 Å². The third-order valence-electron chi connectivity index (χ3n) is 3.04. The minimum absolute atomic E-state index is 0.0115. The van der Waals surface area contributed by atoms with Crippen LogP contribution in [0.25, 0.3) is 0 Å². The molecule has 0 aliphatic heterocycles. The number of hydrogen-bond donors (Lipinski definition) is 1. The molecule has 0 amide bonds. The number of rotatable bonds is 8. The molecule has 0 aromatic heterocycles. The summed E-state index contributed by atoms with van der Waals surface area (Å²) in [7, 11) is 0. The van der Waals surface area contributed by atoms with Gasteiger partial charge < -0.3 is 10.1 Å². The molecular formula is C16H24F3NO. The number of hydrogen-bond acceptors (Lipinski definition) is 2. The van der Waals surface area contributed by atoms with Gasteiger partial charge in [0.2, 0.25) is 0 Å². The topological polar surface area (TPSA) is 21.3 Å². The van der Waals surface area contributed by atoms with Gasteiger partial charge in [0.25, 0.3) is 0 Å². The predicted octanol–water partition coefficient (Wildman–Crippen LogP) is 4.50. The highest BCUT2D eigenvalue weighted by atomic mass is 19.4. The molecule has 0 aliphatic carbocycles. The summed E-state index contributed by atoms with van der Waals surface area (Å²) < 4.78 is 42.9. The summed E-state index contributed by atoms with van der Waals surface area (Å²) in [6.07, 6.45) is -2.46. The smallest absolute Gasteiger partial charge is 0.416 e. The van der Waals surface area contributed by atoms with Gasteiger partial charge in [-0.25, -0.2) is 0 Å². The lowest BCUT2D eigenvalue weighted by Crippen LogP contribution is -2.22. The van der Waals surface area contributed by atoms with Crippen LogP contribution in [0.2, 0.25) is 0 Å². The van der Waals surface area contributed by atoms with E-state index >= 15 is 0 Å². The van der Waals surface area contributed by atoms with Crippen LogP contribution < -0.4 is 10.1 Å². The molecule has 0 fully saturated rings. The fourth-order valence-electron chi connectivity index (χ4n) is 1.92. The lowest BCUT2D eigenvalue weighted by atomic mass is 10.2. The maximum Gasteiger partial charge on any atom is 0.416 e. The van der Waals surface area contributed by atoms with E-state index in [-0.39, 0.29) is 6.10 Å². The molecule has 0 aliphatic rings. The van der Waals surface area contributed by atoms with E-state index in [0.717, 1.165) is 38.1 Å². The second-order valence-corrected chi connectivity index (χ2v) is 5.69. The van der Waals surface area contributed by atoms with Gasteiger partial charge in [-0.1, -0.05) is 13.8 Å². The highest BCUT2D eigenvalue weighted by Crippen LogP contribution is 2.30. The van der Waals surface area contributed by atoms with E-state index in [0.29, 0.717) is 11.7 Å². The standard InChI is InChI=1S/C16H24F3NO/c1-12(2)11-20-10-4-5-13(3)21-15-8-6-14(7-9-15)16(17,18)19/h6-9,12-13,20H,4-5,10-11H2,1-3H3. The molecule has 120 valence electrons. The van der Waals surface area contributed by atoms with E-state index in [1.165, 1.54) is 12.1 Å². The summed E-state index contributed by atoms with van der Waals surface area (Å²) in [4.78, 5) is 0. The minimum atomic E-state index is -4.30.